The molecule has 22 heavy (non-hydrogen) atoms. The van der Waals surface area contributed by atoms with E-state index in [0.29, 0.717) is 0 Å². The van der Waals surface area contributed by atoms with Crippen molar-refractivity contribution >= 4 is 17.1 Å². The Bertz CT molecular complexity index is 844. The number of hydrogen-bond donors (Lipinski definition) is 3. The van der Waals surface area contributed by atoms with Crippen molar-refractivity contribution in [3.63, 3.8) is 0 Å². The maximum atomic E-state index is 12.1. The molecule has 0 bridgehead atoms. The average molecular weight is 309 g/mol. The molecule has 0 unspecified atom stereocenters. The highest BCUT2D eigenvalue weighted by Crippen LogP contribution is 2.28. The molecule has 0 amide bonds. The van der Waals surface area contributed by atoms with Gasteiger partial charge in [0.25, 0.3) is 11.1 Å². The van der Waals surface area contributed by atoms with Crippen LogP contribution in [-0.2, 0) is 11.8 Å². The van der Waals surface area contributed by atoms with Crippen LogP contribution in [0.15, 0.2) is 15.8 Å². The summed E-state index contributed by atoms with van der Waals surface area (Å²) in [4.78, 5) is 32.1. The van der Waals surface area contributed by atoms with E-state index in [4.69, 9.17) is 15.6 Å². The van der Waals surface area contributed by atoms with Crippen molar-refractivity contribution < 1.29 is 14.9 Å². The number of nitrogens with two attached hydrogens (primary N) is 1. The molecule has 1 aliphatic heterocycles. The van der Waals surface area contributed by atoms with Crippen molar-refractivity contribution in [1.29, 1.82) is 0 Å². The van der Waals surface area contributed by atoms with Crippen LogP contribution in [0.25, 0.3) is 11.2 Å². The average Bonchev–Trinajstić information content (AvgIpc) is 2.85. The first-order valence-corrected chi connectivity index (χ1v) is 6.62. The van der Waals surface area contributed by atoms with Crippen LogP contribution < -0.4 is 16.9 Å². The van der Waals surface area contributed by atoms with E-state index in [1.54, 1.807) is 0 Å². The van der Waals surface area contributed by atoms with Crippen molar-refractivity contribution in [2.24, 2.45) is 7.05 Å². The molecule has 10 heteroatoms. The molecule has 0 spiro atoms. The Hall–Kier alpha value is -2.30. The van der Waals surface area contributed by atoms with Crippen molar-refractivity contribution in [3.8, 4) is 0 Å². The molecule has 1 saturated heterocycles. The van der Waals surface area contributed by atoms with Crippen LogP contribution in [0, 0.1) is 0 Å². The predicted octanol–water partition coefficient (Wildman–Crippen LogP) is -2.29. The fourth-order valence-electron chi connectivity index (χ4n) is 2.48. The molecule has 10 nitrogen and oxygen atoms in total. The van der Waals surface area contributed by atoms with Crippen LogP contribution in [-0.4, -0.2) is 48.1 Å². The minimum Gasteiger partial charge on any atom is -0.394 e. The van der Waals surface area contributed by atoms with E-state index >= 15 is 0 Å². The molecular formula is C12H15N5O5. The number of nitrogens with zero attached hydrogens (tertiary/aromatic N) is 4. The number of nitrogen functional groups attached to an aromatic ring is 1. The smallest absolute Gasteiger partial charge is 0.282 e. The lowest BCUT2D eigenvalue weighted by Gasteiger charge is -2.16. The fourth-order valence-corrected chi connectivity index (χ4v) is 2.48. The summed E-state index contributed by atoms with van der Waals surface area (Å²) in [5, 5.41) is 18.9. The standard InChI is InChI=1S/C12H15N5O5/c1-16-11(21)9-10(15-12(16)13)17(7(20)3-14-9)8-2-5(19)6(4-18)22-8/h3,5-6,8,18-19H,2,4H2,1H3,(H2,13,15)/t5-,6+,8-/m0/s1. The Balaban J connectivity index is 2.24. The highest BCUT2D eigenvalue weighted by atomic mass is 16.5. The van der Waals surface area contributed by atoms with Crippen LogP contribution >= 0.6 is 0 Å². The van der Waals surface area contributed by atoms with E-state index in [-0.39, 0.29) is 30.1 Å². The third-order valence-corrected chi connectivity index (χ3v) is 3.72. The summed E-state index contributed by atoms with van der Waals surface area (Å²) in [5.41, 5.74) is 4.60. The Morgan fingerprint density at radius 3 is 2.86 bits per heavy atom. The van der Waals surface area contributed by atoms with Gasteiger partial charge in [-0.2, -0.15) is 4.98 Å². The van der Waals surface area contributed by atoms with Crippen molar-refractivity contribution in [1.82, 2.24) is 19.1 Å². The normalized spacial score (nSPS) is 25.0. The Kier molecular flexibility index (Phi) is 3.43. The Labute approximate surface area is 123 Å². The highest BCUT2D eigenvalue weighted by molar-refractivity contribution is 5.70. The van der Waals surface area contributed by atoms with Gasteiger partial charge in [-0.15, -0.1) is 0 Å². The number of rotatable bonds is 2. The van der Waals surface area contributed by atoms with Gasteiger partial charge in [0.1, 0.15) is 12.3 Å². The SMILES string of the molecule is Cn1c(N)nc2c(ncc(=O)n2[C@@H]2C[C@H](O)[C@@H](CO)O2)c1=O. The number of ether oxygens (including phenoxy) is 1. The topological polar surface area (TPSA) is 145 Å². The summed E-state index contributed by atoms with van der Waals surface area (Å²) < 4.78 is 7.69. The summed E-state index contributed by atoms with van der Waals surface area (Å²) in [7, 11) is 1.44. The molecule has 3 rings (SSSR count). The monoisotopic (exact) mass is 309 g/mol. The summed E-state index contributed by atoms with van der Waals surface area (Å²) in [6.45, 7) is -0.382. The first-order chi connectivity index (χ1) is 10.4. The quantitative estimate of drug-likeness (QED) is 0.562. The molecule has 4 N–H and O–H groups in total. The number of fused-ring (bicyclic) bond motifs is 1. The summed E-state index contributed by atoms with van der Waals surface area (Å²) in [6.07, 6.45) is -1.51. The van der Waals surface area contributed by atoms with Gasteiger partial charge in [-0.1, -0.05) is 0 Å². The van der Waals surface area contributed by atoms with Crippen molar-refractivity contribution in [2.45, 2.75) is 24.9 Å². The zero-order chi connectivity index (χ0) is 16.0. The molecule has 0 saturated carbocycles. The summed E-state index contributed by atoms with van der Waals surface area (Å²) >= 11 is 0. The van der Waals surface area contributed by atoms with E-state index < -0.39 is 29.6 Å². The maximum absolute atomic E-state index is 12.1. The van der Waals surface area contributed by atoms with Gasteiger partial charge < -0.3 is 20.7 Å². The molecule has 118 valence electrons. The van der Waals surface area contributed by atoms with Crippen LogP contribution in [0.4, 0.5) is 5.95 Å². The van der Waals surface area contributed by atoms with E-state index in [0.717, 1.165) is 15.3 Å². The number of anilines is 1. The molecular weight excluding hydrogens is 294 g/mol. The van der Waals surface area contributed by atoms with Gasteiger partial charge in [-0.05, 0) is 0 Å². The van der Waals surface area contributed by atoms with Crippen LogP contribution in [0.3, 0.4) is 0 Å². The molecule has 1 aliphatic rings. The zero-order valence-corrected chi connectivity index (χ0v) is 11.7. The van der Waals surface area contributed by atoms with Crippen LogP contribution in [0.1, 0.15) is 12.6 Å². The molecule has 3 heterocycles. The van der Waals surface area contributed by atoms with Gasteiger partial charge in [0.2, 0.25) is 5.95 Å². The lowest BCUT2D eigenvalue weighted by molar-refractivity contribution is -0.0442. The molecule has 2 aromatic heterocycles. The van der Waals surface area contributed by atoms with Gasteiger partial charge in [0.05, 0.1) is 18.9 Å². The zero-order valence-electron chi connectivity index (χ0n) is 11.7. The second-order valence-corrected chi connectivity index (χ2v) is 5.09. The van der Waals surface area contributed by atoms with Gasteiger partial charge in [-0.3, -0.25) is 18.7 Å². The Morgan fingerprint density at radius 2 is 2.23 bits per heavy atom. The van der Waals surface area contributed by atoms with Crippen molar-refractivity contribution in [2.75, 3.05) is 12.3 Å². The Morgan fingerprint density at radius 1 is 1.50 bits per heavy atom. The first kappa shape index (κ1) is 14.6. The minimum atomic E-state index is -0.922. The number of hydrogen-bond acceptors (Lipinski definition) is 8. The molecule has 1 fully saturated rings. The lowest BCUT2D eigenvalue weighted by Crippen LogP contribution is -2.31. The largest absolute Gasteiger partial charge is 0.394 e. The predicted molar refractivity (Wildman–Crippen MR) is 75.1 cm³/mol. The van der Waals surface area contributed by atoms with E-state index in [9.17, 15) is 14.7 Å². The summed E-state index contributed by atoms with van der Waals surface area (Å²) in [6, 6.07) is 0. The third-order valence-electron chi connectivity index (χ3n) is 3.72. The van der Waals surface area contributed by atoms with Crippen molar-refractivity contribution in [3.05, 3.63) is 26.9 Å². The van der Waals surface area contributed by atoms with Gasteiger partial charge >= 0.3 is 0 Å². The number of aromatic nitrogens is 4. The number of aliphatic hydroxyl groups is 2. The van der Waals surface area contributed by atoms with E-state index in [1.807, 2.05) is 0 Å². The number of aliphatic hydroxyl groups excluding tert-OH is 2. The van der Waals surface area contributed by atoms with Crippen LogP contribution in [0.2, 0.25) is 0 Å². The van der Waals surface area contributed by atoms with Gasteiger partial charge in [-0.25, -0.2) is 4.98 Å². The molecule has 0 radical (unpaired) electrons. The lowest BCUT2D eigenvalue weighted by atomic mass is 10.2. The second kappa shape index (κ2) is 5.16. The third kappa shape index (κ3) is 2.08. The maximum Gasteiger partial charge on any atom is 0.282 e. The van der Waals surface area contributed by atoms with Gasteiger partial charge in [0.15, 0.2) is 11.2 Å². The van der Waals surface area contributed by atoms with Gasteiger partial charge in [0, 0.05) is 13.5 Å². The minimum absolute atomic E-state index is 0.0103. The fraction of sp³-hybridized carbons (Fsp3) is 0.500. The second-order valence-electron chi connectivity index (χ2n) is 5.09. The van der Waals surface area contributed by atoms with E-state index in [2.05, 4.69) is 9.97 Å². The first-order valence-electron chi connectivity index (χ1n) is 6.62. The molecule has 0 aromatic carbocycles. The van der Waals surface area contributed by atoms with Crippen LogP contribution in [0.5, 0.6) is 0 Å². The molecule has 2 aromatic rings. The molecule has 3 atom stereocenters. The highest BCUT2D eigenvalue weighted by Gasteiger charge is 2.36. The summed E-state index contributed by atoms with van der Waals surface area (Å²) in [5.74, 6) is -0.0732. The molecule has 0 aliphatic carbocycles. The van der Waals surface area contributed by atoms with E-state index in [1.165, 1.54) is 7.05 Å².